The molecule has 0 aliphatic rings. The molecule has 104 valence electrons. The Kier molecular flexibility index (Phi) is 8.07. The largest absolute Gasteiger partial charge is 0.870 e. The Morgan fingerprint density at radius 2 is 1.59 bits per heavy atom. The fourth-order valence-electron chi connectivity index (χ4n) is 1.29. The summed E-state index contributed by atoms with van der Waals surface area (Å²) in [5.41, 5.74) is 0. The van der Waals surface area contributed by atoms with Crippen LogP contribution in [0.1, 0.15) is 20.8 Å². The molecule has 0 unspecified atom stereocenters. The lowest BCUT2D eigenvalue weighted by Gasteiger charge is -2.33. The van der Waals surface area contributed by atoms with Crippen molar-refractivity contribution in [2.75, 3.05) is 26.7 Å². The van der Waals surface area contributed by atoms with Crippen molar-refractivity contribution >= 4 is 16.3 Å². The van der Waals surface area contributed by atoms with Crippen molar-refractivity contribution in [2.24, 2.45) is 0 Å². The highest BCUT2D eigenvalue weighted by atomic mass is 32.2. The number of hydrogen-bond donors (Lipinski definition) is 2. The van der Waals surface area contributed by atoms with Gasteiger partial charge in [0, 0.05) is 0 Å². The van der Waals surface area contributed by atoms with E-state index in [1.165, 1.54) is 0 Å². The fourth-order valence-corrected chi connectivity index (χ4v) is 2.54. The third kappa shape index (κ3) is 5.82. The van der Waals surface area contributed by atoms with Crippen LogP contribution in [0.3, 0.4) is 0 Å². The maximum absolute atomic E-state index is 11.6. The second-order valence-electron chi connectivity index (χ2n) is 3.28. The molecule has 9 heteroatoms. The first kappa shape index (κ1) is 18.5. The van der Waals surface area contributed by atoms with Gasteiger partial charge in [0.05, 0.1) is 26.7 Å². The number of quaternary nitrogens is 1. The normalized spacial score (nSPS) is 11.5. The summed E-state index contributed by atoms with van der Waals surface area (Å²) < 4.78 is 29.3. The third-order valence-electron chi connectivity index (χ3n) is 2.53. The number of methoxy groups -OCH3 is 1. The van der Waals surface area contributed by atoms with E-state index in [4.69, 9.17) is 0 Å². The van der Waals surface area contributed by atoms with Gasteiger partial charge in [0.1, 0.15) is 0 Å². The number of nitrogens with one attached hydrogen (secondary N) is 2. The first-order chi connectivity index (χ1) is 7.34. The number of hydrogen-bond acceptors (Lipinski definition) is 5. The number of rotatable bonds is 6. The average Bonchev–Trinajstić information content (AvgIpc) is 2.25. The first-order valence-electron chi connectivity index (χ1n) is 5.10. The number of ether oxygens (including phenoxy) is 1. The van der Waals surface area contributed by atoms with Gasteiger partial charge in [0.2, 0.25) is 0 Å². The monoisotopic (exact) mass is 271 g/mol. The topological polar surface area (TPSA) is 115 Å². The van der Waals surface area contributed by atoms with Gasteiger partial charge in [0.25, 0.3) is 0 Å². The van der Waals surface area contributed by atoms with Gasteiger partial charge in [-0.05, 0) is 25.6 Å². The Morgan fingerprint density at radius 1 is 1.18 bits per heavy atom. The van der Waals surface area contributed by atoms with Gasteiger partial charge in [-0.3, -0.25) is 0 Å². The molecule has 0 radical (unpaired) electrons. The first-order valence-corrected chi connectivity index (χ1v) is 6.58. The van der Waals surface area contributed by atoms with Crippen molar-refractivity contribution in [2.45, 2.75) is 20.8 Å². The van der Waals surface area contributed by atoms with Crippen LogP contribution in [0.4, 0.5) is 4.79 Å². The molecule has 0 heterocycles. The summed E-state index contributed by atoms with van der Waals surface area (Å²) in [6.45, 7) is 7.38. The van der Waals surface area contributed by atoms with Crippen molar-refractivity contribution in [1.82, 2.24) is 9.55 Å². The molecule has 0 aliphatic carbocycles. The summed E-state index contributed by atoms with van der Waals surface area (Å²) >= 11 is 0. The lowest BCUT2D eigenvalue weighted by atomic mass is 10.5. The van der Waals surface area contributed by atoms with E-state index in [0.29, 0.717) is 19.6 Å². The van der Waals surface area contributed by atoms with E-state index in [1.54, 1.807) is 4.72 Å². The molecule has 0 saturated carbocycles. The molecular formula is C8H21N3O5S. The van der Waals surface area contributed by atoms with Crippen molar-refractivity contribution in [3.63, 3.8) is 0 Å². The molecule has 8 nitrogen and oxygen atoms in total. The Labute approximate surface area is 102 Å². The summed E-state index contributed by atoms with van der Waals surface area (Å²) in [7, 11) is -2.79. The van der Waals surface area contributed by atoms with Crippen molar-refractivity contribution < 1.29 is 28.0 Å². The summed E-state index contributed by atoms with van der Waals surface area (Å²) in [6, 6.07) is 0. The zero-order valence-corrected chi connectivity index (χ0v) is 11.4. The summed E-state index contributed by atoms with van der Waals surface area (Å²) in [5, 5.41) is 0. The minimum atomic E-state index is -3.89. The van der Waals surface area contributed by atoms with Crippen LogP contribution < -0.4 is 9.55 Å². The lowest BCUT2D eigenvalue weighted by Crippen LogP contribution is -2.62. The minimum absolute atomic E-state index is 0. The second kappa shape index (κ2) is 7.43. The molecule has 0 aromatic rings. The highest BCUT2D eigenvalue weighted by Crippen LogP contribution is 2.02. The maximum atomic E-state index is 11.6. The predicted octanol–water partition coefficient (Wildman–Crippen LogP) is -0.208. The van der Waals surface area contributed by atoms with Crippen LogP contribution in [0, 0.1) is 0 Å². The molecular weight excluding hydrogens is 250 g/mol. The third-order valence-corrected chi connectivity index (χ3v) is 3.60. The quantitative estimate of drug-likeness (QED) is 0.512. The van der Waals surface area contributed by atoms with Crippen LogP contribution in [-0.2, 0) is 14.9 Å². The predicted molar refractivity (Wildman–Crippen MR) is 61.4 cm³/mol. The zero-order valence-electron chi connectivity index (χ0n) is 10.6. The minimum Gasteiger partial charge on any atom is -0.870 e. The number of amides is 1. The molecule has 0 aromatic carbocycles. The molecule has 0 atom stereocenters. The summed E-state index contributed by atoms with van der Waals surface area (Å²) in [5.74, 6) is 0. The van der Waals surface area contributed by atoms with Crippen LogP contribution in [0.5, 0.6) is 0 Å². The van der Waals surface area contributed by atoms with E-state index in [-0.39, 0.29) is 10.1 Å². The van der Waals surface area contributed by atoms with Gasteiger partial charge >= 0.3 is 16.3 Å². The Bertz CT molecular complexity index is 318. The molecule has 0 fully saturated rings. The highest BCUT2D eigenvalue weighted by molar-refractivity contribution is 7.87. The van der Waals surface area contributed by atoms with Crippen molar-refractivity contribution in [1.29, 1.82) is 0 Å². The van der Waals surface area contributed by atoms with Gasteiger partial charge in [-0.1, -0.05) is 0 Å². The van der Waals surface area contributed by atoms with E-state index in [0.717, 1.165) is 7.11 Å². The van der Waals surface area contributed by atoms with Gasteiger partial charge in [-0.25, -0.2) is 14.1 Å². The van der Waals surface area contributed by atoms with Crippen LogP contribution in [0.15, 0.2) is 0 Å². The van der Waals surface area contributed by atoms with Crippen molar-refractivity contribution in [3.8, 4) is 0 Å². The molecule has 17 heavy (non-hydrogen) atoms. The zero-order chi connectivity index (χ0) is 12.8. The number of carbonyl (C=O) groups excluding carboxylic acids is 1. The summed E-state index contributed by atoms with van der Waals surface area (Å²) in [6.07, 6.45) is -1.01. The van der Waals surface area contributed by atoms with E-state index >= 15 is 0 Å². The number of carbonyl (C=O) groups is 1. The molecule has 1 amide bonds. The number of nitrogens with zero attached hydrogens (tertiary/aromatic N) is 1. The standard InChI is InChI=1S/C8H19N3O4S.H2O/c1-5-11(6-2,7-3)10-16(13,14)9-8(12)15-4;/h10H,5-7H2,1-4H3;1H2. The Balaban J connectivity index is 0. The van der Waals surface area contributed by atoms with Crippen molar-refractivity contribution in [3.05, 3.63) is 0 Å². The molecule has 0 bridgehead atoms. The SMILES string of the molecule is CC[N+](CC)(CC)NS(=O)(=O)NC(=O)OC.[OH-]. The fraction of sp³-hybridized carbons (Fsp3) is 0.875. The molecule has 0 aromatic heterocycles. The molecule has 0 rings (SSSR count). The van der Waals surface area contributed by atoms with Crippen LogP contribution >= 0.6 is 0 Å². The van der Waals surface area contributed by atoms with E-state index in [1.807, 2.05) is 20.8 Å². The average molecular weight is 271 g/mol. The Morgan fingerprint density at radius 3 is 1.88 bits per heavy atom. The van der Waals surface area contributed by atoms with Crippen LogP contribution in [-0.4, -0.2) is 51.3 Å². The smallest absolute Gasteiger partial charge is 0.421 e. The van der Waals surface area contributed by atoms with E-state index in [9.17, 15) is 13.2 Å². The van der Waals surface area contributed by atoms with Crippen LogP contribution in [0.2, 0.25) is 0 Å². The molecule has 0 spiro atoms. The van der Waals surface area contributed by atoms with Gasteiger partial charge < -0.3 is 10.2 Å². The van der Waals surface area contributed by atoms with E-state index in [2.05, 4.69) is 9.57 Å². The summed E-state index contributed by atoms with van der Waals surface area (Å²) in [4.78, 5) is 13.2. The highest BCUT2D eigenvalue weighted by Gasteiger charge is 2.29. The van der Waals surface area contributed by atoms with Gasteiger partial charge in [-0.2, -0.15) is 8.42 Å². The van der Waals surface area contributed by atoms with Gasteiger partial charge in [-0.15, -0.1) is 0 Å². The van der Waals surface area contributed by atoms with Crippen LogP contribution in [0.25, 0.3) is 0 Å². The molecule has 3 N–H and O–H groups in total. The lowest BCUT2D eigenvalue weighted by molar-refractivity contribution is -0.951. The Hall–Kier alpha value is -0.900. The maximum Gasteiger partial charge on any atom is 0.421 e. The molecule has 0 saturated heterocycles. The van der Waals surface area contributed by atoms with E-state index < -0.39 is 16.3 Å². The second-order valence-corrected chi connectivity index (χ2v) is 4.68. The van der Waals surface area contributed by atoms with Gasteiger partial charge in [0.15, 0.2) is 0 Å². The molecule has 0 aliphatic heterocycles.